The van der Waals surface area contributed by atoms with Crippen LogP contribution in [0.2, 0.25) is 0 Å². The lowest BCUT2D eigenvalue weighted by Crippen LogP contribution is -2.55. The zero-order valence-corrected chi connectivity index (χ0v) is 16.4. The van der Waals surface area contributed by atoms with Crippen molar-refractivity contribution in [2.45, 2.75) is 84.7 Å². The predicted molar refractivity (Wildman–Crippen MR) is 101 cm³/mol. The highest BCUT2D eigenvalue weighted by Gasteiger charge is 2.62. The molecule has 0 heterocycles. The molecule has 0 amide bonds. The van der Waals surface area contributed by atoms with Crippen molar-refractivity contribution in [1.29, 1.82) is 0 Å². The third kappa shape index (κ3) is 2.35. The van der Waals surface area contributed by atoms with Gasteiger partial charge in [0.1, 0.15) is 5.78 Å². The second-order valence-corrected chi connectivity index (χ2v) is 10.2. The summed E-state index contributed by atoms with van der Waals surface area (Å²) in [7, 11) is 0. The molecule has 0 aromatic heterocycles. The van der Waals surface area contributed by atoms with Gasteiger partial charge >= 0.3 is 0 Å². The Labute approximate surface area is 153 Å². The molecule has 0 unspecified atom stereocenters. The highest BCUT2D eigenvalue weighted by Crippen LogP contribution is 2.69. The summed E-state index contributed by atoms with van der Waals surface area (Å²) in [4.78, 5) is 12.4. The van der Waals surface area contributed by atoms with E-state index in [1.165, 1.54) is 44.1 Å². The van der Waals surface area contributed by atoms with Crippen molar-refractivity contribution >= 4 is 5.78 Å². The number of ketones is 1. The minimum atomic E-state index is -0.0682. The van der Waals surface area contributed by atoms with Gasteiger partial charge in [0.25, 0.3) is 0 Å². The van der Waals surface area contributed by atoms with Crippen LogP contribution in [0, 0.1) is 40.4 Å². The number of aliphatic hydroxyl groups is 1. The normalized spacial score (nSPS) is 52.0. The molecule has 4 fully saturated rings. The summed E-state index contributed by atoms with van der Waals surface area (Å²) >= 11 is 0. The summed E-state index contributed by atoms with van der Waals surface area (Å²) in [5.41, 5.74) is 1.78. The summed E-state index contributed by atoms with van der Waals surface area (Å²) in [5.74, 6) is 3.55. The van der Waals surface area contributed by atoms with E-state index in [1.54, 1.807) is 0 Å². The summed E-state index contributed by atoms with van der Waals surface area (Å²) in [5, 5.41) is 10.2. The van der Waals surface area contributed by atoms with Crippen LogP contribution < -0.4 is 0 Å². The topological polar surface area (TPSA) is 37.3 Å². The van der Waals surface area contributed by atoms with E-state index in [4.69, 9.17) is 0 Å². The Kier molecular flexibility index (Phi) is 4.22. The van der Waals surface area contributed by atoms with Crippen molar-refractivity contribution in [3.05, 3.63) is 12.2 Å². The third-order valence-electron chi connectivity index (χ3n) is 9.44. The number of hydrogen-bond donors (Lipinski definition) is 1. The maximum atomic E-state index is 12.4. The third-order valence-corrected chi connectivity index (χ3v) is 9.44. The molecular weight excluding hydrogens is 308 g/mol. The molecule has 4 saturated carbocycles. The molecule has 0 bridgehead atoms. The lowest BCUT2D eigenvalue weighted by Gasteiger charge is -2.61. The maximum absolute atomic E-state index is 12.4. The Balaban J connectivity index is 1.67. The van der Waals surface area contributed by atoms with Gasteiger partial charge in [-0.1, -0.05) is 19.1 Å². The second-order valence-electron chi connectivity index (χ2n) is 10.2. The average molecular weight is 345 g/mol. The van der Waals surface area contributed by atoms with Gasteiger partial charge in [-0.3, -0.25) is 4.79 Å². The lowest BCUT2D eigenvalue weighted by atomic mass is 9.43. The Bertz CT molecular complexity index is 581. The van der Waals surface area contributed by atoms with Crippen LogP contribution >= 0.6 is 0 Å². The Morgan fingerprint density at radius 1 is 1.00 bits per heavy atom. The van der Waals surface area contributed by atoms with E-state index in [-0.39, 0.29) is 17.4 Å². The number of Topliss-reactive ketones (excluding diaryl/α,β-unsaturated/α-hetero) is 1. The fourth-order valence-corrected chi connectivity index (χ4v) is 8.31. The van der Waals surface area contributed by atoms with E-state index in [9.17, 15) is 9.90 Å². The van der Waals surface area contributed by atoms with Crippen molar-refractivity contribution in [3.8, 4) is 0 Å². The first-order valence-electron chi connectivity index (χ1n) is 10.6. The van der Waals surface area contributed by atoms with Gasteiger partial charge in [0.2, 0.25) is 0 Å². The van der Waals surface area contributed by atoms with E-state index in [0.717, 1.165) is 31.1 Å². The van der Waals surface area contributed by atoms with Crippen LogP contribution in [0.5, 0.6) is 0 Å². The van der Waals surface area contributed by atoms with Gasteiger partial charge in [0.15, 0.2) is 0 Å². The van der Waals surface area contributed by atoms with E-state index >= 15 is 0 Å². The highest BCUT2D eigenvalue weighted by atomic mass is 16.3. The quantitative estimate of drug-likeness (QED) is 0.703. The Morgan fingerprint density at radius 3 is 2.44 bits per heavy atom. The minimum Gasteiger partial charge on any atom is -0.393 e. The van der Waals surface area contributed by atoms with Crippen LogP contribution in [0.15, 0.2) is 12.2 Å². The van der Waals surface area contributed by atoms with Crippen molar-refractivity contribution in [2.24, 2.45) is 40.4 Å². The van der Waals surface area contributed by atoms with E-state index in [0.29, 0.717) is 23.0 Å². The molecule has 2 nitrogen and oxygen atoms in total. The van der Waals surface area contributed by atoms with Crippen LogP contribution in [-0.4, -0.2) is 17.0 Å². The Morgan fingerprint density at radius 2 is 1.76 bits per heavy atom. The van der Waals surface area contributed by atoms with Gasteiger partial charge in [-0.05, 0) is 101 Å². The molecule has 0 aliphatic heterocycles. The van der Waals surface area contributed by atoms with Gasteiger partial charge in [-0.15, -0.1) is 0 Å². The molecule has 0 aromatic rings. The highest BCUT2D eigenvalue weighted by molar-refractivity contribution is 5.80. The second kappa shape index (κ2) is 5.94. The molecule has 0 aromatic carbocycles. The summed E-state index contributed by atoms with van der Waals surface area (Å²) in [6.45, 7) is 10.9. The van der Waals surface area contributed by atoms with Gasteiger partial charge in [0.05, 0.1) is 6.10 Å². The van der Waals surface area contributed by atoms with Crippen molar-refractivity contribution < 1.29 is 9.90 Å². The van der Waals surface area contributed by atoms with E-state index in [2.05, 4.69) is 20.4 Å². The SMILES string of the molecule is C=C(C)[C@]12CC[C@H]3[C@@H](CC[C@H]4C[C@H](O)CC[C@@]43C)[C@@H]1CC[C@@H]2C(C)=O. The lowest BCUT2D eigenvalue weighted by molar-refractivity contribution is -0.135. The number of allylic oxidation sites excluding steroid dienone is 1. The molecule has 4 aliphatic rings. The van der Waals surface area contributed by atoms with Crippen molar-refractivity contribution in [1.82, 2.24) is 0 Å². The maximum Gasteiger partial charge on any atom is 0.133 e. The predicted octanol–water partition coefficient (Wildman–Crippen LogP) is 5.15. The fourth-order valence-electron chi connectivity index (χ4n) is 8.31. The zero-order chi connectivity index (χ0) is 18.0. The van der Waals surface area contributed by atoms with Crippen LogP contribution in [0.25, 0.3) is 0 Å². The minimum absolute atomic E-state index is 0.0682. The van der Waals surface area contributed by atoms with Gasteiger partial charge < -0.3 is 5.11 Å². The standard InChI is InChI=1S/C23H36O2/c1-14(2)23-12-10-20-18(21(23)8-7-19(23)15(3)24)6-5-16-13-17(25)9-11-22(16,20)4/h16-21,25H,1,5-13H2,2-4H3/t16-,17+,18+,19+,20-,21-,22-,23-/m0/s1. The largest absolute Gasteiger partial charge is 0.393 e. The van der Waals surface area contributed by atoms with Crippen molar-refractivity contribution in [2.75, 3.05) is 0 Å². The van der Waals surface area contributed by atoms with Crippen LogP contribution in [0.4, 0.5) is 0 Å². The van der Waals surface area contributed by atoms with Gasteiger partial charge in [-0.25, -0.2) is 0 Å². The van der Waals surface area contributed by atoms with Gasteiger partial charge in [-0.2, -0.15) is 0 Å². The molecule has 8 atom stereocenters. The molecule has 4 rings (SSSR count). The number of carbonyl (C=O) groups is 1. The first-order valence-corrected chi connectivity index (χ1v) is 10.6. The summed E-state index contributed by atoms with van der Waals surface area (Å²) in [6, 6.07) is 0. The number of carbonyl (C=O) groups excluding carboxylic acids is 1. The average Bonchev–Trinajstić information content (AvgIpc) is 2.96. The molecule has 0 spiro atoms. The van der Waals surface area contributed by atoms with Gasteiger partial charge in [0, 0.05) is 11.3 Å². The van der Waals surface area contributed by atoms with Crippen LogP contribution in [0.1, 0.15) is 78.6 Å². The first-order chi connectivity index (χ1) is 11.8. The molecular formula is C23H36O2. The zero-order valence-electron chi connectivity index (χ0n) is 16.4. The first kappa shape index (κ1) is 17.8. The summed E-state index contributed by atoms with van der Waals surface area (Å²) < 4.78 is 0. The molecule has 25 heavy (non-hydrogen) atoms. The molecule has 2 heteroatoms. The Hall–Kier alpha value is -0.630. The number of aliphatic hydroxyl groups excluding tert-OH is 1. The number of fused-ring (bicyclic) bond motifs is 5. The number of hydrogen-bond acceptors (Lipinski definition) is 2. The fraction of sp³-hybridized carbons (Fsp3) is 0.870. The number of rotatable bonds is 2. The smallest absolute Gasteiger partial charge is 0.133 e. The summed E-state index contributed by atoms with van der Waals surface area (Å²) in [6.07, 6.45) is 10.5. The van der Waals surface area contributed by atoms with Crippen molar-refractivity contribution in [3.63, 3.8) is 0 Å². The molecule has 0 radical (unpaired) electrons. The van der Waals surface area contributed by atoms with Crippen LogP contribution in [0.3, 0.4) is 0 Å². The van der Waals surface area contributed by atoms with Crippen LogP contribution in [-0.2, 0) is 4.79 Å². The van der Waals surface area contributed by atoms with E-state index in [1.807, 2.05) is 6.92 Å². The van der Waals surface area contributed by atoms with E-state index < -0.39 is 0 Å². The molecule has 0 saturated heterocycles. The molecule has 4 aliphatic carbocycles. The molecule has 140 valence electrons. The monoisotopic (exact) mass is 344 g/mol. The molecule has 1 N–H and O–H groups in total.